The summed E-state index contributed by atoms with van der Waals surface area (Å²) < 4.78 is 0. The molecular weight excluding hydrogens is 515 g/mol. The monoisotopic (exact) mass is 538 g/mol. The van der Waals surface area contributed by atoms with Crippen molar-refractivity contribution >= 4 is 69.8 Å². The third-order valence-electron chi connectivity index (χ3n) is 5.68. The zero-order valence-electron chi connectivity index (χ0n) is 19.3. The van der Waals surface area contributed by atoms with E-state index in [4.69, 9.17) is 35.4 Å². The maximum Gasteiger partial charge on any atom is 0.253 e. The van der Waals surface area contributed by atoms with E-state index in [2.05, 4.69) is 15.5 Å². The molecule has 0 aliphatic carbocycles. The molecule has 0 aromatic heterocycles. The van der Waals surface area contributed by atoms with Gasteiger partial charge in [0.2, 0.25) is 5.91 Å². The summed E-state index contributed by atoms with van der Waals surface area (Å²) in [6.07, 6.45) is 3.10. The van der Waals surface area contributed by atoms with Crippen molar-refractivity contribution in [3.8, 4) is 0 Å². The highest BCUT2D eigenvalue weighted by molar-refractivity contribution is 7.80. The second-order valence-corrected chi connectivity index (χ2v) is 9.41. The summed E-state index contributed by atoms with van der Waals surface area (Å²) in [5.74, 6) is -0.345. The number of para-hydroxylation sites is 2. The first-order valence-electron chi connectivity index (χ1n) is 11.3. The highest BCUT2D eigenvalue weighted by Gasteiger charge is 2.23. The molecule has 4 rings (SSSR count). The molecule has 0 radical (unpaired) electrons. The number of nitrogens with zero attached hydrogens (tertiary/aromatic N) is 2. The van der Waals surface area contributed by atoms with Crippen LogP contribution in [0.3, 0.4) is 0 Å². The van der Waals surface area contributed by atoms with E-state index in [1.165, 1.54) is 6.08 Å². The molecule has 3 aromatic carbocycles. The summed E-state index contributed by atoms with van der Waals surface area (Å²) in [5.41, 5.74) is 3.21. The van der Waals surface area contributed by atoms with Gasteiger partial charge >= 0.3 is 0 Å². The summed E-state index contributed by atoms with van der Waals surface area (Å²) in [7, 11) is 0. The van der Waals surface area contributed by atoms with Crippen LogP contribution >= 0.6 is 35.4 Å². The molecule has 2 amide bonds. The lowest BCUT2D eigenvalue weighted by atomic mass is 10.1. The van der Waals surface area contributed by atoms with Crippen LogP contribution in [0.5, 0.6) is 0 Å². The minimum Gasteiger partial charge on any atom is -0.366 e. The van der Waals surface area contributed by atoms with Gasteiger partial charge in [0.05, 0.1) is 11.4 Å². The molecule has 1 aliphatic rings. The van der Waals surface area contributed by atoms with E-state index in [9.17, 15) is 9.59 Å². The van der Waals surface area contributed by atoms with Gasteiger partial charge in [-0.05, 0) is 72.4 Å². The van der Waals surface area contributed by atoms with Crippen molar-refractivity contribution in [2.45, 2.75) is 0 Å². The Morgan fingerprint density at radius 2 is 1.44 bits per heavy atom. The molecule has 3 aromatic rings. The first-order valence-corrected chi connectivity index (χ1v) is 12.5. The van der Waals surface area contributed by atoms with Crippen LogP contribution in [0, 0.1) is 0 Å². The second-order valence-electron chi connectivity index (χ2n) is 8.13. The number of thiocarbonyl (C=S) groups is 1. The Morgan fingerprint density at radius 1 is 0.833 bits per heavy atom. The largest absolute Gasteiger partial charge is 0.366 e. The number of carbonyl (C=O) groups excluding carboxylic acids is 2. The molecule has 1 aliphatic heterocycles. The number of halogens is 2. The third-order valence-corrected chi connectivity index (χ3v) is 6.39. The first kappa shape index (κ1) is 25.7. The van der Waals surface area contributed by atoms with Crippen molar-refractivity contribution in [1.29, 1.82) is 0 Å². The van der Waals surface area contributed by atoms with Gasteiger partial charge in [0, 0.05) is 47.9 Å². The molecular formula is C27H24Cl2N4O2S. The fourth-order valence-electron chi connectivity index (χ4n) is 3.83. The summed E-state index contributed by atoms with van der Waals surface area (Å²) in [6, 6.07) is 21.8. The van der Waals surface area contributed by atoms with Gasteiger partial charge in [0.1, 0.15) is 0 Å². The van der Waals surface area contributed by atoms with Crippen molar-refractivity contribution in [3.05, 3.63) is 100 Å². The van der Waals surface area contributed by atoms with Crippen molar-refractivity contribution in [2.75, 3.05) is 36.4 Å². The molecule has 9 heteroatoms. The number of hydrogen-bond acceptors (Lipinski definition) is 4. The van der Waals surface area contributed by atoms with Gasteiger partial charge in [-0.2, -0.15) is 0 Å². The highest BCUT2D eigenvalue weighted by atomic mass is 35.5. The SMILES string of the molecule is O=C(/C=C/c1ccc(Cl)cc1)NC(=S)Nc1ccccc1N1CCN(C(=O)c2ccc(Cl)cc2)CC1. The minimum absolute atomic E-state index is 0.00623. The summed E-state index contributed by atoms with van der Waals surface area (Å²) in [4.78, 5) is 29.1. The molecule has 2 N–H and O–H groups in total. The normalized spacial score (nSPS) is 13.5. The highest BCUT2D eigenvalue weighted by Crippen LogP contribution is 2.27. The number of rotatable bonds is 5. The van der Waals surface area contributed by atoms with Gasteiger partial charge in [-0.15, -0.1) is 0 Å². The second kappa shape index (κ2) is 12.0. The van der Waals surface area contributed by atoms with E-state index in [0.29, 0.717) is 41.8 Å². The predicted molar refractivity (Wildman–Crippen MR) is 151 cm³/mol. The standard InChI is InChI=1S/C27H24Cl2N4O2S/c28-21-10-5-19(6-11-21)7-14-25(34)31-27(36)30-23-3-1-2-4-24(23)32-15-17-33(18-16-32)26(35)20-8-12-22(29)13-9-20/h1-14H,15-18H2,(H2,30,31,34,36)/b14-7+. The average Bonchev–Trinajstić information content (AvgIpc) is 2.89. The van der Waals surface area contributed by atoms with Crippen LogP contribution in [0.2, 0.25) is 10.0 Å². The number of carbonyl (C=O) groups is 2. The van der Waals surface area contributed by atoms with E-state index in [0.717, 1.165) is 16.9 Å². The van der Waals surface area contributed by atoms with E-state index < -0.39 is 0 Å². The molecule has 0 saturated carbocycles. The molecule has 0 bridgehead atoms. The molecule has 1 heterocycles. The van der Waals surface area contributed by atoms with E-state index in [1.54, 1.807) is 42.5 Å². The molecule has 0 unspecified atom stereocenters. The Kier molecular flexibility index (Phi) is 8.59. The van der Waals surface area contributed by atoms with Crippen LogP contribution < -0.4 is 15.5 Å². The Morgan fingerprint density at radius 3 is 2.11 bits per heavy atom. The Bertz CT molecular complexity index is 1270. The summed E-state index contributed by atoms with van der Waals surface area (Å²) >= 11 is 17.2. The molecule has 1 fully saturated rings. The quantitative estimate of drug-likeness (QED) is 0.332. The molecule has 6 nitrogen and oxygen atoms in total. The van der Waals surface area contributed by atoms with Crippen molar-refractivity contribution in [3.63, 3.8) is 0 Å². The van der Waals surface area contributed by atoms with Gasteiger partial charge in [0.15, 0.2) is 5.11 Å². The van der Waals surface area contributed by atoms with Gasteiger partial charge in [-0.25, -0.2) is 0 Å². The van der Waals surface area contributed by atoms with Crippen LogP contribution in [0.15, 0.2) is 78.9 Å². The van der Waals surface area contributed by atoms with Crippen LogP contribution in [0.25, 0.3) is 6.08 Å². The van der Waals surface area contributed by atoms with Crippen LogP contribution in [0.1, 0.15) is 15.9 Å². The Labute approximate surface area is 225 Å². The van der Waals surface area contributed by atoms with E-state index in [-0.39, 0.29) is 16.9 Å². The molecule has 0 atom stereocenters. The zero-order valence-corrected chi connectivity index (χ0v) is 21.6. The van der Waals surface area contributed by atoms with Gasteiger partial charge in [-0.3, -0.25) is 14.9 Å². The maximum atomic E-state index is 12.8. The Hall–Kier alpha value is -3.39. The minimum atomic E-state index is -0.339. The number of anilines is 2. The predicted octanol–water partition coefficient (Wildman–Crippen LogP) is 5.48. The van der Waals surface area contributed by atoms with E-state index >= 15 is 0 Å². The molecule has 184 valence electrons. The number of benzene rings is 3. The van der Waals surface area contributed by atoms with Crippen LogP contribution in [-0.2, 0) is 4.79 Å². The van der Waals surface area contributed by atoms with Crippen LogP contribution in [-0.4, -0.2) is 48.0 Å². The van der Waals surface area contributed by atoms with Gasteiger partial charge in [0.25, 0.3) is 5.91 Å². The zero-order chi connectivity index (χ0) is 25.5. The van der Waals surface area contributed by atoms with Crippen molar-refractivity contribution < 1.29 is 9.59 Å². The van der Waals surface area contributed by atoms with Crippen LogP contribution in [0.4, 0.5) is 11.4 Å². The topological polar surface area (TPSA) is 64.7 Å². The van der Waals surface area contributed by atoms with Crippen molar-refractivity contribution in [1.82, 2.24) is 10.2 Å². The fraction of sp³-hybridized carbons (Fsp3) is 0.148. The summed E-state index contributed by atoms with van der Waals surface area (Å²) in [6.45, 7) is 2.51. The number of nitrogens with one attached hydrogen (secondary N) is 2. The molecule has 36 heavy (non-hydrogen) atoms. The van der Waals surface area contributed by atoms with Gasteiger partial charge in [-0.1, -0.05) is 47.5 Å². The summed E-state index contributed by atoms with van der Waals surface area (Å²) in [5, 5.41) is 7.23. The lowest BCUT2D eigenvalue weighted by Crippen LogP contribution is -2.49. The fourth-order valence-corrected chi connectivity index (χ4v) is 4.30. The average molecular weight is 539 g/mol. The lowest BCUT2D eigenvalue weighted by Gasteiger charge is -2.37. The first-order chi connectivity index (χ1) is 17.4. The van der Waals surface area contributed by atoms with E-state index in [1.807, 2.05) is 41.3 Å². The molecule has 1 saturated heterocycles. The molecule has 0 spiro atoms. The third kappa shape index (κ3) is 6.85. The van der Waals surface area contributed by atoms with Gasteiger partial charge < -0.3 is 15.1 Å². The maximum absolute atomic E-state index is 12.8. The lowest BCUT2D eigenvalue weighted by molar-refractivity contribution is -0.115. The number of amides is 2. The number of hydrogen-bond donors (Lipinski definition) is 2. The number of piperazine rings is 1. The van der Waals surface area contributed by atoms with Crippen molar-refractivity contribution in [2.24, 2.45) is 0 Å². The smallest absolute Gasteiger partial charge is 0.253 e. The Balaban J connectivity index is 1.33.